The lowest BCUT2D eigenvalue weighted by atomic mass is 9.78. The van der Waals surface area contributed by atoms with E-state index in [0.717, 1.165) is 186 Å². The molecule has 6 N–H and O–H groups in total. The second-order valence-electron chi connectivity index (χ2n) is 55.4. The van der Waals surface area contributed by atoms with Crippen LogP contribution in [0, 0.1) is 5.92 Å². The molecule has 30 nitrogen and oxygen atoms in total. The van der Waals surface area contributed by atoms with Gasteiger partial charge in [-0.2, -0.15) is 30.4 Å². The highest BCUT2D eigenvalue weighted by atomic mass is 16.6. The zero-order valence-corrected chi connectivity index (χ0v) is 98.9. The quantitative estimate of drug-likeness (QED) is 0.0187. The Hall–Kier alpha value is -4.80. The number of rotatable bonds is 45. The lowest BCUT2D eigenvalue weighted by Crippen LogP contribution is -2.60. The fraction of sp³-hybridized carbons (Fsp3) is 0.931. The summed E-state index contributed by atoms with van der Waals surface area (Å²) in [4.78, 5) is 104. The Kier molecular flexibility index (Phi) is 49.6. The van der Waals surface area contributed by atoms with Crippen molar-refractivity contribution in [3.05, 3.63) is 0 Å². The van der Waals surface area contributed by atoms with Gasteiger partial charge in [0.1, 0.15) is 48.8 Å². The van der Waals surface area contributed by atoms with Crippen molar-refractivity contribution in [2.24, 2.45) is 5.92 Å². The van der Waals surface area contributed by atoms with Gasteiger partial charge in [-0.25, -0.2) is 0 Å². The van der Waals surface area contributed by atoms with Gasteiger partial charge in [0.15, 0.2) is 0 Å². The van der Waals surface area contributed by atoms with Gasteiger partial charge in [0, 0.05) is 236 Å². The van der Waals surface area contributed by atoms with Gasteiger partial charge in [0.05, 0.1) is 5.92 Å². The van der Waals surface area contributed by atoms with Crippen LogP contribution in [0.15, 0.2) is 0 Å². The number of piperidine rings is 8. The number of likely N-dealkylation sites (tertiary alicyclic amines) is 2. The van der Waals surface area contributed by atoms with E-state index in [2.05, 4.69) is 79.3 Å². The summed E-state index contributed by atoms with van der Waals surface area (Å²) in [6.07, 6.45) is 36.7. The molecule has 0 saturated carbocycles. The zero-order valence-electron chi connectivity index (χ0n) is 98.9. The summed E-state index contributed by atoms with van der Waals surface area (Å²) < 4.78 is 46.3. The van der Waals surface area contributed by atoms with Crippen molar-refractivity contribution in [1.29, 1.82) is 0 Å². The largest absolute Gasteiger partial charge is 0.462 e. The maximum atomic E-state index is 12.9. The van der Waals surface area contributed by atoms with Crippen LogP contribution >= 0.6 is 0 Å². The fourth-order valence-electron chi connectivity index (χ4n) is 25.7. The summed E-state index contributed by atoms with van der Waals surface area (Å²) in [5.74, 6) is -1.09. The van der Waals surface area contributed by atoms with Crippen molar-refractivity contribution < 1.29 is 107 Å². The SMILES string of the molecule is CC1(C)CC(OC(=O)CCCCCCCCC(=O)OC2CC(C)(C)N(O)C(C)(C)C2)CC(C)(C)N1O.CC1(C)CC(OC(=O)CCCCCCCCC(=O)OC2CC(C)(C)N(O)C(C)(C)C2)CC(C)(C)N1O.CCC(CCCCCCCC(=O)OC1CC(C)(C)N(O)C(C)(C)C1)C(=O)OC1CC(C)(C)N(O)C(C)(C)C1.CN1C(C)(C)CC(OC(=O)CCCCCCCCC(=O)OC2CC(C)(C)N(C)C(C)(C)C2)CC1(C)C. The molecule has 0 bridgehead atoms. The Balaban J connectivity index is 0.000000343. The van der Waals surface area contributed by atoms with Crippen LogP contribution in [0.3, 0.4) is 0 Å². The number of carbonyl (C=O) groups excluding carboxylic acids is 8. The van der Waals surface area contributed by atoms with E-state index in [4.69, 9.17) is 37.9 Å². The van der Waals surface area contributed by atoms with Crippen molar-refractivity contribution in [3.8, 4) is 0 Å². The van der Waals surface area contributed by atoms with Crippen molar-refractivity contribution in [2.75, 3.05) is 14.1 Å². The lowest BCUT2D eigenvalue weighted by molar-refractivity contribution is -0.260. The normalized spacial score (nSPS) is 24.4. The van der Waals surface area contributed by atoms with Crippen LogP contribution in [-0.4, -0.2) is 271 Å². The van der Waals surface area contributed by atoms with E-state index in [1.807, 2.05) is 173 Å². The molecule has 8 rings (SSSR count). The molecule has 1 unspecified atom stereocenters. The molecule has 8 aliphatic heterocycles. The number of esters is 8. The first-order valence-electron chi connectivity index (χ1n) is 56.8. The molecule has 1 atom stereocenters. The minimum absolute atomic E-state index is 0.00474. The van der Waals surface area contributed by atoms with Crippen LogP contribution in [0.4, 0.5) is 0 Å². The first-order valence-corrected chi connectivity index (χ1v) is 56.8. The van der Waals surface area contributed by atoms with Gasteiger partial charge in [-0.3, -0.25) is 48.2 Å². The van der Waals surface area contributed by atoms with Crippen molar-refractivity contribution >= 4 is 47.8 Å². The number of hydrogen-bond donors (Lipinski definition) is 6. The molecule has 0 aliphatic carbocycles. The van der Waals surface area contributed by atoms with Crippen molar-refractivity contribution in [3.63, 3.8) is 0 Å². The zero-order chi connectivity index (χ0) is 111. The van der Waals surface area contributed by atoms with Gasteiger partial charge >= 0.3 is 47.8 Å². The maximum absolute atomic E-state index is 12.9. The van der Waals surface area contributed by atoms with E-state index in [-0.39, 0.29) is 125 Å². The Morgan fingerprint density at radius 2 is 0.315 bits per heavy atom. The van der Waals surface area contributed by atoms with E-state index in [0.29, 0.717) is 122 Å². The highest BCUT2D eigenvalue weighted by molar-refractivity contribution is 5.73. The molecule has 0 aromatic carbocycles. The lowest BCUT2D eigenvalue weighted by Gasteiger charge is -2.53. The Labute approximate surface area is 884 Å². The van der Waals surface area contributed by atoms with Gasteiger partial charge < -0.3 is 69.1 Å². The summed E-state index contributed by atoms with van der Waals surface area (Å²) >= 11 is 0. The molecule has 0 amide bonds. The van der Waals surface area contributed by atoms with Crippen molar-refractivity contribution in [1.82, 2.24) is 40.2 Å². The minimum Gasteiger partial charge on any atom is -0.462 e. The number of nitrogens with zero attached hydrogens (tertiary/aromatic N) is 8. The van der Waals surface area contributed by atoms with E-state index in [9.17, 15) is 69.6 Å². The van der Waals surface area contributed by atoms with Crippen LogP contribution in [0.5, 0.6) is 0 Å². The van der Waals surface area contributed by atoms with Crippen LogP contribution in [-0.2, 0) is 76.3 Å². The second-order valence-corrected chi connectivity index (χ2v) is 55.4. The van der Waals surface area contributed by atoms with E-state index >= 15 is 0 Å². The predicted octanol–water partition coefficient (Wildman–Crippen LogP) is 25.2. The third-order valence-electron chi connectivity index (χ3n) is 33.3. The molecule has 852 valence electrons. The molecule has 8 fully saturated rings. The topological polar surface area (TPSA) is 358 Å². The molecule has 146 heavy (non-hydrogen) atoms. The van der Waals surface area contributed by atoms with Gasteiger partial charge in [0.2, 0.25) is 0 Å². The third-order valence-corrected chi connectivity index (χ3v) is 33.3. The van der Waals surface area contributed by atoms with E-state index < -0.39 is 66.5 Å². The average molecular weight is 2080 g/mol. The van der Waals surface area contributed by atoms with Crippen LogP contribution < -0.4 is 0 Å². The van der Waals surface area contributed by atoms with Crippen LogP contribution in [0.2, 0.25) is 0 Å². The van der Waals surface area contributed by atoms with Crippen molar-refractivity contribution in [2.45, 2.75) is 674 Å². The monoisotopic (exact) mass is 2070 g/mol. The summed E-state index contributed by atoms with van der Waals surface area (Å²) in [6, 6.07) is 0. The Morgan fingerprint density at radius 1 is 0.199 bits per heavy atom. The third kappa shape index (κ3) is 41.8. The summed E-state index contributed by atoms with van der Waals surface area (Å²) in [7, 11) is 4.33. The molecular weight excluding hydrogens is 1860 g/mol. The molecule has 8 saturated heterocycles. The number of hydrogen-bond acceptors (Lipinski definition) is 30. The second kappa shape index (κ2) is 55.0. The van der Waals surface area contributed by atoms with Gasteiger partial charge in [-0.05, 0) is 293 Å². The average Bonchev–Trinajstić information content (AvgIpc) is 0.781. The van der Waals surface area contributed by atoms with Gasteiger partial charge in [-0.15, -0.1) is 0 Å². The number of hydroxylamine groups is 12. The number of ether oxygens (including phenoxy) is 8. The van der Waals surface area contributed by atoms with Gasteiger partial charge in [0.25, 0.3) is 0 Å². The van der Waals surface area contributed by atoms with Crippen LogP contribution in [0.1, 0.15) is 537 Å². The molecule has 0 spiro atoms. The molecule has 0 aromatic rings. The summed E-state index contributed by atoms with van der Waals surface area (Å²) in [5, 5.41) is 70.8. The molecule has 0 radical (unpaired) electrons. The first kappa shape index (κ1) is 132. The molecule has 8 aliphatic rings. The summed E-state index contributed by atoms with van der Waals surface area (Å²) in [6.45, 7) is 67.1. The van der Waals surface area contributed by atoms with E-state index in [1.165, 1.54) is 30.4 Å². The maximum Gasteiger partial charge on any atom is 0.309 e. The number of unbranched alkanes of at least 4 members (excludes halogenated alkanes) is 19. The predicted molar refractivity (Wildman–Crippen MR) is 572 cm³/mol. The summed E-state index contributed by atoms with van der Waals surface area (Å²) in [5.41, 5.74) is -5.05. The standard InChI is InChI=1S/C30H56N2O6.C30H56N2O4.2C28H52N2O6/c1-10-22(26(34)38-24-20-29(6,7)32(36)30(8,9)21-24)16-14-12-11-13-15-17-25(33)37-23-18-27(2,3)31(35)28(4,5)19-23;1-27(2)19-23(20-28(3,4)31(27)9)35-25(33)17-15-13-11-12-14-16-18-26(34)36-24-21-29(5,6)32(10)30(7,8)22-24;2*1-25(2)17-21(18-26(3,4)29(25)33)35-23(31)15-13-11-9-10-12-14-16-24(32)36-22-19-27(5,6)30(34)28(7,8)20-22/h22-24,35-36H,10-21H2,1-9H3;23-24H,11-22H2,1-10H3;2*21-22,33-34H,9-20H2,1-8H3. The fourth-order valence-corrected chi connectivity index (χ4v) is 25.7. The molecule has 30 heteroatoms. The van der Waals surface area contributed by atoms with Gasteiger partial charge in [-0.1, -0.05) is 110 Å². The molecule has 0 aromatic heterocycles. The van der Waals surface area contributed by atoms with Crippen LogP contribution in [0.25, 0.3) is 0 Å². The Morgan fingerprint density at radius 3 is 0.452 bits per heavy atom. The highest BCUT2D eigenvalue weighted by Gasteiger charge is 2.54. The molecule has 8 heterocycles. The Bertz CT molecular complexity index is 3410. The highest BCUT2D eigenvalue weighted by Crippen LogP contribution is 2.47. The molecular formula is C116H216N8O22. The van der Waals surface area contributed by atoms with E-state index in [1.54, 1.807) is 0 Å². The minimum atomic E-state index is -0.439. The first-order chi connectivity index (χ1) is 66.8. The smallest absolute Gasteiger partial charge is 0.309 e. The number of carbonyl (C=O) groups is 8.